The van der Waals surface area contributed by atoms with Crippen molar-refractivity contribution < 1.29 is 13.5 Å². The predicted octanol–water partition coefficient (Wildman–Crippen LogP) is 2.66. The summed E-state index contributed by atoms with van der Waals surface area (Å²) in [6.45, 7) is 0.316. The molecule has 7 heteroatoms. The van der Waals surface area contributed by atoms with Crippen molar-refractivity contribution in [2.24, 2.45) is 0 Å². The molecule has 0 atom stereocenters. The van der Waals surface area contributed by atoms with Gasteiger partial charge in [-0.25, -0.2) is 8.42 Å². The zero-order valence-corrected chi connectivity index (χ0v) is 13.2. The van der Waals surface area contributed by atoms with Gasteiger partial charge in [-0.3, -0.25) is 0 Å². The molecule has 1 fully saturated rings. The molecular weight excluding hydrogens is 314 g/mol. The third-order valence-electron chi connectivity index (χ3n) is 3.23. The highest BCUT2D eigenvalue weighted by Crippen LogP contribution is 2.35. The van der Waals surface area contributed by atoms with Crippen molar-refractivity contribution >= 4 is 32.7 Å². The molecule has 0 spiro atoms. The molecular formula is C13H15NO3S3. The van der Waals surface area contributed by atoms with Gasteiger partial charge < -0.3 is 5.11 Å². The minimum Gasteiger partial charge on any atom is -0.391 e. The van der Waals surface area contributed by atoms with Crippen LogP contribution in [0.3, 0.4) is 0 Å². The predicted molar refractivity (Wildman–Crippen MR) is 80.3 cm³/mol. The molecule has 0 radical (unpaired) electrons. The minimum absolute atomic E-state index is 0.117. The maximum atomic E-state index is 12.7. The molecule has 0 aromatic carbocycles. The number of thiophene rings is 2. The van der Waals surface area contributed by atoms with Gasteiger partial charge in [-0.05, 0) is 47.4 Å². The van der Waals surface area contributed by atoms with E-state index in [1.807, 2.05) is 16.8 Å². The van der Waals surface area contributed by atoms with E-state index in [1.54, 1.807) is 27.8 Å². The van der Waals surface area contributed by atoms with Gasteiger partial charge in [0.25, 0.3) is 10.0 Å². The Morgan fingerprint density at radius 2 is 2.10 bits per heavy atom. The summed E-state index contributed by atoms with van der Waals surface area (Å²) in [5, 5.41) is 13.0. The number of aliphatic hydroxyl groups is 1. The van der Waals surface area contributed by atoms with E-state index < -0.39 is 10.0 Å². The van der Waals surface area contributed by atoms with Crippen LogP contribution in [0.25, 0.3) is 0 Å². The lowest BCUT2D eigenvalue weighted by atomic mass is 10.3. The highest BCUT2D eigenvalue weighted by atomic mass is 32.2. The fraction of sp³-hybridized carbons (Fsp3) is 0.385. The fourth-order valence-electron chi connectivity index (χ4n) is 2.03. The van der Waals surface area contributed by atoms with Crippen molar-refractivity contribution in [3.05, 3.63) is 39.4 Å². The Morgan fingerprint density at radius 3 is 2.65 bits per heavy atom. The molecule has 2 aromatic heterocycles. The molecule has 0 aliphatic heterocycles. The Labute approximate surface area is 126 Å². The maximum Gasteiger partial charge on any atom is 0.253 e. The van der Waals surface area contributed by atoms with Gasteiger partial charge in [-0.2, -0.15) is 15.6 Å². The van der Waals surface area contributed by atoms with E-state index >= 15 is 0 Å². The van der Waals surface area contributed by atoms with Crippen LogP contribution in [0.2, 0.25) is 0 Å². The standard InChI is InChI=1S/C13H15NO3S3/c15-8-12-3-4-13(19-12)20(16,17)14(11-1-2-11)7-10-5-6-18-9-10/h3-6,9,11,15H,1-2,7-8H2. The van der Waals surface area contributed by atoms with Crippen LogP contribution in [-0.2, 0) is 23.2 Å². The van der Waals surface area contributed by atoms with Crippen molar-refractivity contribution in [3.63, 3.8) is 0 Å². The van der Waals surface area contributed by atoms with Gasteiger partial charge in [0.2, 0.25) is 0 Å². The zero-order chi connectivity index (χ0) is 14.2. The largest absolute Gasteiger partial charge is 0.391 e. The summed E-state index contributed by atoms with van der Waals surface area (Å²) in [6, 6.07) is 5.35. The van der Waals surface area contributed by atoms with Crippen LogP contribution >= 0.6 is 22.7 Å². The van der Waals surface area contributed by atoms with Crippen LogP contribution in [0.1, 0.15) is 23.3 Å². The van der Waals surface area contributed by atoms with Gasteiger partial charge >= 0.3 is 0 Å². The second-order valence-corrected chi connectivity index (χ2v) is 8.86. The molecule has 0 saturated heterocycles. The molecule has 3 rings (SSSR count). The Balaban J connectivity index is 1.89. The number of sulfonamides is 1. The first-order chi connectivity index (χ1) is 9.61. The smallest absolute Gasteiger partial charge is 0.253 e. The van der Waals surface area contributed by atoms with E-state index in [0.717, 1.165) is 29.7 Å². The van der Waals surface area contributed by atoms with Crippen molar-refractivity contribution in [1.29, 1.82) is 0 Å². The quantitative estimate of drug-likeness (QED) is 0.886. The summed E-state index contributed by atoms with van der Waals surface area (Å²) >= 11 is 2.72. The molecule has 1 saturated carbocycles. The van der Waals surface area contributed by atoms with Crippen LogP contribution in [0.15, 0.2) is 33.2 Å². The Hall–Kier alpha value is -0.730. The first-order valence-corrected chi connectivity index (χ1v) is 9.53. The number of hydrogen-bond acceptors (Lipinski definition) is 5. The van der Waals surface area contributed by atoms with Crippen molar-refractivity contribution in [1.82, 2.24) is 4.31 Å². The van der Waals surface area contributed by atoms with Crippen LogP contribution < -0.4 is 0 Å². The Kier molecular flexibility index (Phi) is 3.96. The third-order valence-corrected chi connectivity index (χ3v) is 7.40. The van der Waals surface area contributed by atoms with Crippen LogP contribution in [0.5, 0.6) is 0 Å². The van der Waals surface area contributed by atoms with E-state index in [-0.39, 0.29) is 12.6 Å². The highest BCUT2D eigenvalue weighted by Gasteiger charge is 2.38. The minimum atomic E-state index is -3.46. The lowest BCUT2D eigenvalue weighted by Crippen LogP contribution is -2.32. The number of nitrogens with zero attached hydrogens (tertiary/aromatic N) is 1. The van der Waals surface area contributed by atoms with E-state index in [9.17, 15) is 8.42 Å². The lowest BCUT2D eigenvalue weighted by molar-refractivity contribution is 0.285. The summed E-state index contributed by atoms with van der Waals surface area (Å²) in [5.41, 5.74) is 1.03. The summed E-state index contributed by atoms with van der Waals surface area (Å²) in [4.78, 5) is 0.676. The van der Waals surface area contributed by atoms with Gasteiger partial charge in [0.05, 0.1) is 6.61 Å². The molecule has 1 N–H and O–H groups in total. The third kappa shape index (κ3) is 2.82. The molecule has 0 amide bonds. The topological polar surface area (TPSA) is 57.6 Å². The van der Waals surface area contributed by atoms with Gasteiger partial charge in [-0.1, -0.05) is 0 Å². The van der Waals surface area contributed by atoms with E-state index in [4.69, 9.17) is 5.11 Å². The normalized spacial score (nSPS) is 15.9. The fourth-order valence-corrected chi connectivity index (χ4v) is 5.71. The Bertz CT molecular complexity index is 672. The summed E-state index contributed by atoms with van der Waals surface area (Å²) in [7, 11) is -3.46. The summed E-state index contributed by atoms with van der Waals surface area (Å²) in [6.07, 6.45) is 1.86. The molecule has 0 unspecified atom stereocenters. The molecule has 1 aliphatic carbocycles. The monoisotopic (exact) mass is 329 g/mol. The number of hydrogen-bond donors (Lipinski definition) is 1. The first-order valence-electron chi connectivity index (χ1n) is 6.34. The SMILES string of the molecule is O=S(=O)(c1ccc(CO)s1)N(Cc1ccsc1)C1CC1. The molecule has 2 heterocycles. The van der Waals surface area contributed by atoms with Gasteiger partial charge in [0.15, 0.2) is 0 Å². The van der Waals surface area contributed by atoms with Gasteiger partial charge in [0, 0.05) is 17.5 Å². The van der Waals surface area contributed by atoms with Gasteiger partial charge in [0.1, 0.15) is 4.21 Å². The van der Waals surface area contributed by atoms with E-state index in [1.165, 1.54) is 0 Å². The Morgan fingerprint density at radius 1 is 1.30 bits per heavy atom. The zero-order valence-electron chi connectivity index (χ0n) is 10.7. The van der Waals surface area contributed by atoms with Crippen molar-refractivity contribution in [2.75, 3.05) is 0 Å². The molecule has 20 heavy (non-hydrogen) atoms. The van der Waals surface area contributed by atoms with Gasteiger partial charge in [-0.15, -0.1) is 11.3 Å². The summed E-state index contributed by atoms with van der Waals surface area (Å²) in [5.74, 6) is 0. The molecule has 4 nitrogen and oxygen atoms in total. The molecule has 108 valence electrons. The summed E-state index contributed by atoms with van der Waals surface area (Å²) < 4.78 is 27.4. The molecule has 0 bridgehead atoms. The van der Waals surface area contributed by atoms with Crippen molar-refractivity contribution in [3.8, 4) is 0 Å². The molecule has 2 aromatic rings. The maximum absolute atomic E-state index is 12.7. The van der Waals surface area contributed by atoms with E-state index in [2.05, 4.69) is 0 Å². The number of rotatable bonds is 6. The van der Waals surface area contributed by atoms with Crippen LogP contribution in [-0.4, -0.2) is 23.9 Å². The van der Waals surface area contributed by atoms with Crippen LogP contribution in [0, 0.1) is 0 Å². The average Bonchev–Trinajstić information content (AvgIpc) is 2.96. The second kappa shape index (κ2) is 5.57. The van der Waals surface area contributed by atoms with Crippen molar-refractivity contribution in [2.45, 2.75) is 36.2 Å². The lowest BCUT2D eigenvalue weighted by Gasteiger charge is -2.20. The number of aliphatic hydroxyl groups excluding tert-OH is 1. The molecule has 1 aliphatic rings. The van der Waals surface area contributed by atoms with E-state index in [0.29, 0.717) is 15.6 Å². The second-order valence-electron chi connectivity index (χ2n) is 4.79. The van der Waals surface area contributed by atoms with Crippen LogP contribution in [0.4, 0.5) is 0 Å². The first kappa shape index (κ1) is 14.2. The average molecular weight is 329 g/mol. The highest BCUT2D eigenvalue weighted by molar-refractivity contribution is 7.91.